The molecule has 0 radical (unpaired) electrons. The van der Waals surface area contributed by atoms with Crippen LogP contribution in [0.3, 0.4) is 0 Å². The van der Waals surface area contributed by atoms with Crippen LogP contribution in [0.15, 0.2) is 64.6 Å². The van der Waals surface area contributed by atoms with Gasteiger partial charge in [-0.3, -0.25) is 9.55 Å². The van der Waals surface area contributed by atoms with E-state index in [1.165, 1.54) is 12.1 Å². The summed E-state index contributed by atoms with van der Waals surface area (Å²) in [6.07, 6.45) is 7.46. The van der Waals surface area contributed by atoms with E-state index in [9.17, 15) is 4.39 Å². The van der Waals surface area contributed by atoms with Gasteiger partial charge < -0.3 is 4.42 Å². The third kappa shape index (κ3) is 3.43. The number of thioether (sulfide) groups is 1. The van der Waals surface area contributed by atoms with Gasteiger partial charge in [-0.15, -0.1) is 10.2 Å². The summed E-state index contributed by atoms with van der Waals surface area (Å²) < 4.78 is 21.1. The van der Waals surface area contributed by atoms with Crippen LogP contribution in [0.1, 0.15) is 24.8 Å². The van der Waals surface area contributed by atoms with E-state index in [0.29, 0.717) is 23.4 Å². The number of hydrogen-bond donors (Lipinski definition) is 0. The van der Waals surface area contributed by atoms with E-state index in [0.717, 1.165) is 34.9 Å². The summed E-state index contributed by atoms with van der Waals surface area (Å²) in [4.78, 5) is 8.41. The Labute approximate surface area is 164 Å². The lowest BCUT2D eigenvalue weighted by Gasteiger charge is -2.07. The van der Waals surface area contributed by atoms with Gasteiger partial charge in [-0.05, 0) is 49.2 Å². The van der Waals surface area contributed by atoms with Crippen LogP contribution in [0.5, 0.6) is 0 Å². The fraction of sp³-hybridized carbons (Fsp3) is 0.200. The van der Waals surface area contributed by atoms with Gasteiger partial charge in [0.05, 0.1) is 11.9 Å². The molecule has 4 aromatic rings. The predicted octanol–water partition coefficient (Wildman–Crippen LogP) is 4.76. The monoisotopic (exact) mass is 393 g/mol. The number of pyridine rings is 1. The summed E-state index contributed by atoms with van der Waals surface area (Å²) in [6, 6.07) is 10.5. The molecule has 3 heterocycles. The van der Waals surface area contributed by atoms with Gasteiger partial charge in [-0.25, -0.2) is 9.37 Å². The summed E-state index contributed by atoms with van der Waals surface area (Å²) in [6.45, 7) is 0. The standard InChI is InChI=1S/C20H16FN5OS/c21-15-3-1-13(2-4-15)17-11-23-18(27-17)12-28-20-25-24-19(26(20)16-5-6-16)14-7-9-22-10-8-14/h1-4,7-11,16H,5-6,12H2. The molecule has 1 saturated carbocycles. The van der Waals surface area contributed by atoms with Crippen LogP contribution in [0.2, 0.25) is 0 Å². The molecule has 0 spiro atoms. The topological polar surface area (TPSA) is 69.6 Å². The number of nitrogens with zero attached hydrogens (tertiary/aromatic N) is 5. The smallest absolute Gasteiger partial charge is 0.205 e. The zero-order valence-corrected chi connectivity index (χ0v) is 15.6. The van der Waals surface area contributed by atoms with Crippen LogP contribution in [0.25, 0.3) is 22.7 Å². The van der Waals surface area contributed by atoms with Crippen LogP contribution in [0.4, 0.5) is 4.39 Å². The number of halogens is 1. The van der Waals surface area contributed by atoms with Crippen LogP contribution in [0, 0.1) is 5.82 Å². The molecule has 0 aliphatic heterocycles. The molecule has 1 fully saturated rings. The number of rotatable bonds is 6. The first-order valence-electron chi connectivity index (χ1n) is 8.96. The van der Waals surface area contributed by atoms with E-state index in [-0.39, 0.29) is 5.82 Å². The van der Waals surface area contributed by atoms with Crippen LogP contribution in [-0.4, -0.2) is 24.7 Å². The van der Waals surface area contributed by atoms with Gasteiger partial charge in [0, 0.05) is 29.6 Å². The molecule has 0 saturated heterocycles. The molecule has 140 valence electrons. The molecule has 0 N–H and O–H groups in total. The van der Waals surface area contributed by atoms with E-state index in [1.807, 2.05) is 12.1 Å². The lowest BCUT2D eigenvalue weighted by molar-refractivity contribution is 0.529. The minimum Gasteiger partial charge on any atom is -0.440 e. The molecule has 1 aromatic carbocycles. The van der Waals surface area contributed by atoms with Crippen molar-refractivity contribution >= 4 is 11.8 Å². The van der Waals surface area contributed by atoms with Gasteiger partial charge in [0.25, 0.3) is 0 Å². The van der Waals surface area contributed by atoms with Gasteiger partial charge in [-0.2, -0.15) is 0 Å². The normalized spacial score (nSPS) is 13.8. The molecule has 3 aromatic heterocycles. The Kier molecular flexibility index (Phi) is 4.40. The van der Waals surface area contributed by atoms with Crippen molar-refractivity contribution in [1.29, 1.82) is 0 Å². The summed E-state index contributed by atoms with van der Waals surface area (Å²) in [5.74, 6) is 2.36. The van der Waals surface area contributed by atoms with E-state index >= 15 is 0 Å². The molecule has 0 atom stereocenters. The molecular weight excluding hydrogens is 377 g/mol. The van der Waals surface area contributed by atoms with Crippen molar-refractivity contribution in [3.63, 3.8) is 0 Å². The molecule has 0 bridgehead atoms. The average molecular weight is 393 g/mol. The predicted molar refractivity (Wildman–Crippen MR) is 103 cm³/mol. The Morgan fingerprint density at radius 3 is 2.57 bits per heavy atom. The largest absolute Gasteiger partial charge is 0.440 e. The van der Waals surface area contributed by atoms with Gasteiger partial charge >= 0.3 is 0 Å². The van der Waals surface area contributed by atoms with E-state index in [1.54, 1.807) is 42.5 Å². The van der Waals surface area contributed by atoms with Crippen molar-refractivity contribution in [2.45, 2.75) is 29.8 Å². The highest BCUT2D eigenvalue weighted by Crippen LogP contribution is 2.41. The second-order valence-electron chi connectivity index (χ2n) is 6.56. The van der Waals surface area contributed by atoms with Gasteiger partial charge in [0.2, 0.25) is 5.89 Å². The van der Waals surface area contributed by atoms with Crippen molar-refractivity contribution in [1.82, 2.24) is 24.7 Å². The second kappa shape index (κ2) is 7.20. The van der Waals surface area contributed by atoms with E-state index < -0.39 is 0 Å². The molecule has 5 rings (SSSR count). The zero-order valence-electron chi connectivity index (χ0n) is 14.8. The SMILES string of the molecule is Fc1ccc(-c2cnc(CSc3nnc(-c4ccncc4)n3C3CC3)o2)cc1. The molecule has 0 amide bonds. The molecule has 6 nitrogen and oxygen atoms in total. The maximum absolute atomic E-state index is 13.1. The van der Waals surface area contributed by atoms with Crippen molar-refractivity contribution in [2.75, 3.05) is 0 Å². The van der Waals surface area contributed by atoms with Crippen molar-refractivity contribution in [3.8, 4) is 22.7 Å². The van der Waals surface area contributed by atoms with Gasteiger partial charge in [-0.1, -0.05) is 11.8 Å². The first-order valence-corrected chi connectivity index (χ1v) is 9.95. The van der Waals surface area contributed by atoms with Gasteiger partial charge in [0.15, 0.2) is 16.7 Å². The minimum atomic E-state index is -0.275. The molecule has 1 aliphatic rings. The Bertz CT molecular complexity index is 1090. The number of oxazole rings is 1. The molecule has 8 heteroatoms. The maximum Gasteiger partial charge on any atom is 0.205 e. The van der Waals surface area contributed by atoms with Crippen molar-refractivity contribution < 1.29 is 8.81 Å². The molecule has 1 aliphatic carbocycles. The van der Waals surface area contributed by atoms with Gasteiger partial charge in [0.1, 0.15) is 5.82 Å². The summed E-state index contributed by atoms with van der Waals surface area (Å²) >= 11 is 1.55. The summed E-state index contributed by atoms with van der Waals surface area (Å²) in [5, 5.41) is 9.64. The molecular formula is C20H16FN5OS. The third-order valence-electron chi connectivity index (χ3n) is 4.52. The third-order valence-corrected chi connectivity index (χ3v) is 5.45. The average Bonchev–Trinajstić information content (AvgIpc) is 3.30. The zero-order chi connectivity index (χ0) is 18.9. The molecule has 28 heavy (non-hydrogen) atoms. The van der Waals surface area contributed by atoms with E-state index in [2.05, 4.69) is 24.7 Å². The fourth-order valence-corrected chi connectivity index (χ4v) is 3.85. The Balaban J connectivity index is 1.35. The lowest BCUT2D eigenvalue weighted by Crippen LogP contribution is -1.99. The van der Waals surface area contributed by atoms with Crippen LogP contribution < -0.4 is 0 Å². The quantitative estimate of drug-likeness (QED) is 0.440. The highest BCUT2D eigenvalue weighted by atomic mass is 32.2. The highest BCUT2D eigenvalue weighted by Gasteiger charge is 2.30. The first-order chi connectivity index (χ1) is 13.8. The lowest BCUT2D eigenvalue weighted by atomic mass is 10.2. The Hall–Kier alpha value is -3.00. The van der Waals surface area contributed by atoms with Crippen molar-refractivity contribution in [2.24, 2.45) is 0 Å². The number of aromatic nitrogens is 5. The van der Waals surface area contributed by atoms with Crippen molar-refractivity contribution in [3.05, 3.63) is 66.7 Å². The second-order valence-corrected chi connectivity index (χ2v) is 7.50. The van der Waals surface area contributed by atoms with Crippen LogP contribution >= 0.6 is 11.8 Å². The minimum absolute atomic E-state index is 0.275. The molecule has 0 unspecified atom stereocenters. The Morgan fingerprint density at radius 2 is 1.82 bits per heavy atom. The number of hydrogen-bond acceptors (Lipinski definition) is 6. The maximum atomic E-state index is 13.1. The van der Waals surface area contributed by atoms with Crippen LogP contribution in [-0.2, 0) is 5.75 Å². The summed E-state index contributed by atoms with van der Waals surface area (Å²) in [7, 11) is 0. The Morgan fingerprint density at radius 1 is 1.04 bits per heavy atom. The van der Waals surface area contributed by atoms with E-state index in [4.69, 9.17) is 4.42 Å². The fourth-order valence-electron chi connectivity index (χ4n) is 2.99. The highest BCUT2D eigenvalue weighted by molar-refractivity contribution is 7.98. The summed E-state index contributed by atoms with van der Waals surface area (Å²) in [5.41, 5.74) is 1.81. The number of benzene rings is 1. The first kappa shape index (κ1) is 17.1.